The molecule has 25 heavy (non-hydrogen) atoms. The molecule has 1 heterocycles. The monoisotopic (exact) mass is 342 g/mol. The van der Waals surface area contributed by atoms with Crippen LogP contribution in [-0.4, -0.2) is 31.8 Å². The maximum Gasteiger partial charge on any atom is 0.414 e. The first-order valence-electron chi connectivity index (χ1n) is 8.23. The average molecular weight is 342 g/mol. The summed E-state index contributed by atoms with van der Waals surface area (Å²) in [5, 5.41) is 4.92. The summed E-state index contributed by atoms with van der Waals surface area (Å²) >= 11 is 0. The molecule has 0 bridgehead atoms. The summed E-state index contributed by atoms with van der Waals surface area (Å²) in [4.78, 5) is 25.1. The van der Waals surface area contributed by atoms with Crippen molar-refractivity contribution in [3.8, 4) is 5.75 Å². The minimum Gasteiger partial charge on any atom is -0.443 e. The van der Waals surface area contributed by atoms with Crippen LogP contribution in [0.3, 0.4) is 0 Å². The van der Waals surface area contributed by atoms with Crippen LogP contribution in [0.1, 0.15) is 26.3 Å². The number of carbonyl (C=O) groups is 2. The van der Waals surface area contributed by atoms with E-state index in [1.807, 2.05) is 46.0 Å². The molecule has 1 amide bonds. The Balaban J connectivity index is 2.15. The normalized spacial score (nSPS) is 13.5. The number of hydrogen-bond acceptors (Lipinski definition) is 5. The number of carbonyl (C=O) groups excluding carboxylic acids is 2. The smallest absolute Gasteiger partial charge is 0.414 e. The van der Waals surface area contributed by atoms with Gasteiger partial charge in [-0.15, -0.1) is 0 Å². The van der Waals surface area contributed by atoms with Gasteiger partial charge in [-0.25, -0.2) is 4.79 Å². The van der Waals surface area contributed by atoms with E-state index < -0.39 is 11.7 Å². The first-order chi connectivity index (χ1) is 11.9. The molecule has 2 aromatic rings. The van der Waals surface area contributed by atoms with Crippen LogP contribution in [0, 0.1) is 0 Å². The van der Waals surface area contributed by atoms with E-state index in [0.29, 0.717) is 18.8 Å². The van der Waals surface area contributed by atoms with Crippen LogP contribution in [0.25, 0.3) is 10.8 Å². The first-order valence-corrected chi connectivity index (χ1v) is 8.23. The van der Waals surface area contributed by atoms with Crippen LogP contribution in [0.2, 0.25) is 0 Å². The third kappa shape index (κ3) is 3.12. The van der Waals surface area contributed by atoms with E-state index in [2.05, 4.69) is 5.32 Å². The van der Waals surface area contributed by atoms with Crippen molar-refractivity contribution < 1.29 is 19.1 Å². The highest BCUT2D eigenvalue weighted by molar-refractivity contribution is 6.06. The standard InChI is InChI=1S/C19H22N2O4/c1-19(2,3)25-18(23)21-9-8-12-13-6-5-7-14(20-4)17(13)16(24-11-22)10-15(12)21/h5-7,10-11,20H,8-9H2,1-4H3. The second-order valence-corrected chi connectivity index (χ2v) is 6.95. The zero-order valence-corrected chi connectivity index (χ0v) is 14.9. The molecule has 0 saturated heterocycles. The number of amides is 1. The molecule has 6 heteroatoms. The molecular formula is C19H22N2O4. The number of nitrogens with one attached hydrogen (secondary N) is 1. The van der Waals surface area contributed by atoms with Crippen LogP contribution < -0.4 is 15.0 Å². The number of benzene rings is 2. The molecule has 1 N–H and O–H groups in total. The Morgan fingerprint density at radius 1 is 1.32 bits per heavy atom. The highest BCUT2D eigenvalue weighted by atomic mass is 16.6. The minimum atomic E-state index is -0.571. The van der Waals surface area contributed by atoms with E-state index in [4.69, 9.17) is 9.47 Å². The number of rotatable bonds is 3. The van der Waals surface area contributed by atoms with E-state index in [1.165, 1.54) is 0 Å². The Morgan fingerprint density at radius 2 is 2.08 bits per heavy atom. The maximum absolute atomic E-state index is 12.5. The van der Waals surface area contributed by atoms with Crippen molar-refractivity contribution >= 4 is 34.7 Å². The lowest BCUT2D eigenvalue weighted by Crippen LogP contribution is -2.35. The zero-order chi connectivity index (χ0) is 18.2. The molecule has 1 aliphatic heterocycles. The van der Waals surface area contributed by atoms with Gasteiger partial charge in [-0.05, 0) is 44.2 Å². The van der Waals surface area contributed by atoms with Crippen LogP contribution in [-0.2, 0) is 16.0 Å². The lowest BCUT2D eigenvalue weighted by molar-refractivity contribution is -0.120. The molecule has 2 aromatic carbocycles. The molecule has 0 spiro atoms. The Morgan fingerprint density at radius 3 is 2.72 bits per heavy atom. The maximum atomic E-state index is 12.5. The lowest BCUT2D eigenvalue weighted by atomic mass is 10.00. The Labute approximate surface area is 146 Å². The molecule has 0 atom stereocenters. The quantitative estimate of drug-likeness (QED) is 0.861. The average Bonchev–Trinajstić information content (AvgIpc) is 2.97. The highest BCUT2D eigenvalue weighted by Crippen LogP contribution is 2.43. The third-order valence-electron chi connectivity index (χ3n) is 4.15. The van der Waals surface area contributed by atoms with E-state index >= 15 is 0 Å². The summed E-state index contributed by atoms with van der Waals surface area (Å²) in [6.45, 7) is 6.45. The van der Waals surface area contributed by atoms with Gasteiger partial charge in [0.2, 0.25) is 0 Å². The molecule has 0 unspecified atom stereocenters. The van der Waals surface area contributed by atoms with Crippen LogP contribution in [0.4, 0.5) is 16.2 Å². The van der Waals surface area contributed by atoms with Gasteiger partial charge in [0.05, 0.1) is 5.69 Å². The van der Waals surface area contributed by atoms with Crippen molar-refractivity contribution in [3.63, 3.8) is 0 Å². The number of anilines is 2. The van der Waals surface area contributed by atoms with Crippen molar-refractivity contribution in [2.45, 2.75) is 32.8 Å². The molecule has 0 saturated carbocycles. The molecule has 1 aliphatic rings. The fourth-order valence-electron chi connectivity index (χ4n) is 3.20. The summed E-state index contributed by atoms with van der Waals surface area (Å²) in [6, 6.07) is 7.58. The highest BCUT2D eigenvalue weighted by Gasteiger charge is 2.31. The predicted molar refractivity (Wildman–Crippen MR) is 97.5 cm³/mol. The summed E-state index contributed by atoms with van der Waals surface area (Å²) < 4.78 is 10.7. The van der Waals surface area contributed by atoms with E-state index in [-0.39, 0.29) is 0 Å². The summed E-state index contributed by atoms with van der Waals surface area (Å²) in [7, 11) is 1.82. The van der Waals surface area contributed by atoms with Crippen LogP contribution in [0.5, 0.6) is 5.75 Å². The Hall–Kier alpha value is -2.76. The van der Waals surface area contributed by atoms with Crippen molar-refractivity contribution in [1.82, 2.24) is 0 Å². The minimum absolute atomic E-state index is 0.396. The number of nitrogens with zero attached hydrogens (tertiary/aromatic N) is 1. The largest absolute Gasteiger partial charge is 0.443 e. The van der Waals surface area contributed by atoms with Crippen molar-refractivity contribution in [2.24, 2.45) is 0 Å². The van der Waals surface area contributed by atoms with Gasteiger partial charge in [-0.2, -0.15) is 0 Å². The van der Waals surface area contributed by atoms with E-state index in [1.54, 1.807) is 11.0 Å². The fourth-order valence-corrected chi connectivity index (χ4v) is 3.20. The van der Waals surface area contributed by atoms with Gasteiger partial charge < -0.3 is 14.8 Å². The molecule has 0 fully saturated rings. The van der Waals surface area contributed by atoms with Gasteiger partial charge in [-0.3, -0.25) is 9.69 Å². The molecule has 0 aliphatic carbocycles. The van der Waals surface area contributed by atoms with Gasteiger partial charge in [0.15, 0.2) is 0 Å². The van der Waals surface area contributed by atoms with E-state index in [0.717, 1.165) is 34.1 Å². The van der Waals surface area contributed by atoms with E-state index in [9.17, 15) is 9.59 Å². The summed E-state index contributed by atoms with van der Waals surface area (Å²) in [5.41, 5.74) is 2.08. The van der Waals surface area contributed by atoms with Gasteiger partial charge in [0.1, 0.15) is 11.4 Å². The Kier molecular flexibility index (Phi) is 4.29. The van der Waals surface area contributed by atoms with Gasteiger partial charge >= 0.3 is 6.09 Å². The molecule has 3 rings (SSSR count). The fraction of sp³-hybridized carbons (Fsp3) is 0.368. The van der Waals surface area contributed by atoms with Gasteiger partial charge in [-0.1, -0.05) is 12.1 Å². The molecule has 0 aromatic heterocycles. The topological polar surface area (TPSA) is 67.9 Å². The van der Waals surface area contributed by atoms with Crippen LogP contribution in [0.15, 0.2) is 24.3 Å². The lowest BCUT2D eigenvalue weighted by Gasteiger charge is -2.25. The second kappa shape index (κ2) is 6.27. The number of fused-ring (bicyclic) bond motifs is 3. The predicted octanol–water partition coefficient (Wildman–Crippen LogP) is 3.71. The molecular weight excluding hydrogens is 320 g/mol. The second-order valence-electron chi connectivity index (χ2n) is 6.95. The molecule has 0 radical (unpaired) electrons. The number of hydrogen-bond donors (Lipinski definition) is 1. The first kappa shape index (κ1) is 17.1. The molecule has 132 valence electrons. The summed E-state index contributed by atoms with van der Waals surface area (Å²) in [6.07, 6.45) is 0.326. The zero-order valence-electron chi connectivity index (χ0n) is 14.9. The van der Waals surface area contributed by atoms with Crippen molar-refractivity contribution in [3.05, 3.63) is 29.8 Å². The van der Waals surface area contributed by atoms with Crippen molar-refractivity contribution in [1.29, 1.82) is 0 Å². The molecule has 6 nitrogen and oxygen atoms in total. The van der Waals surface area contributed by atoms with Crippen molar-refractivity contribution in [2.75, 3.05) is 23.8 Å². The number of ether oxygens (including phenoxy) is 2. The van der Waals surface area contributed by atoms with Crippen LogP contribution >= 0.6 is 0 Å². The van der Waals surface area contributed by atoms with Gasteiger partial charge in [0, 0.05) is 30.7 Å². The summed E-state index contributed by atoms with van der Waals surface area (Å²) in [5.74, 6) is 0.421. The van der Waals surface area contributed by atoms with Gasteiger partial charge in [0.25, 0.3) is 6.47 Å². The SMILES string of the molecule is CNc1cccc2c3c(cc(OC=O)c12)N(C(=O)OC(C)(C)C)CC3. The third-order valence-corrected chi connectivity index (χ3v) is 4.15. The Bertz CT molecular complexity index is 839.